The molecule has 0 aliphatic heterocycles. The molecule has 2 N–H and O–H groups in total. The Bertz CT molecular complexity index is 136. The molecule has 0 bridgehead atoms. The van der Waals surface area contributed by atoms with Gasteiger partial charge >= 0.3 is 0 Å². The third-order valence-electron chi connectivity index (χ3n) is 2.77. The van der Waals surface area contributed by atoms with Gasteiger partial charge in [-0.15, -0.1) is 0 Å². The van der Waals surface area contributed by atoms with Crippen molar-refractivity contribution in [1.82, 2.24) is 0 Å². The second-order valence-corrected chi connectivity index (χ2v) is 4.28. The first kappa shape index (κ1) is 10.0. The molecule has 0 aromatic heterocycles. The third-order valence-corrected chi connectivity index (χ3v) is 2.77. The summed E-state index contributed by atoms with van der Waals surface area (Å²) < 4.78 is 5.86. The maximum atomic E-state index is 5.86. The van der Waals surface area contributed by atoms with Gasteiger partial charge in [-0.3, -0.25) is 0 Å². The van der Waals surface area contributed by atoms with Crippen LogP contribution in [0.2, 0.25) is 0 Å². The van der Waals surface area contributed by atoms with Crippen LogP contribution in [0.3, 0.4) is 0 Å². The van der Waals surface area contributed by atoms with Crippen LogP contribution in [0.4, 0.5) is 0 Å². The summed E-state index contributed by atoms with van der Waals surface area (Å²) in [6.45, 7) is 6.54. The van der Waals surface area contributed by atoms with Crippen LogP contribution >= 0.6 is 0 Å². The Morgan fingerprint density at radius 1 is 1.25 bits per heavy atom. The highest BCUT2D eigenvalue weighted by Crippen LogP contribution is 2.23. The highest BCUT2D eigenvalue weighted by molar-refractivity contribution is 4.79. The van der Waals surface area contributed by atoms with E-state index in [1.165, 1.54) is 0 Å². The van der Waals surface area contributed by atoms with Crippen molar-refractivity contribution in [2.24, 2.45) is 11.7 Å². The van der Waals surface area contributed by atoms with Gasteiger partial charge in [0.15, 0.2) is 0 Å². The zero-order chi connectivity index (χ0) is 9.14. The van der Waals surface area contributed by atoms with Gasteiger partial charge in [-0.25, -0.2) is 0 Å². The van der Waals surface area contributed by atoms with Gasteiger partial charge in [-0.1, -0.05) is 13.8 Å². The number of ether oxygens (including phenoxy) is 1. The predicted octanol–water partition coefficient (Wildman–Crippen LogP) is 1.93. The molecule has 2 heteroatoms. The molecule has 2 nitrogen and oxygen atoms in total. The van der Waals surface area contributed by atoms with E-state index in [0.29, 0.717) is 24.2 Å². The van der Waals surface area contributed by atoms with E-state index in [1.54, 1.807) is 0 Å². The standard InChI is InChI=1S/C10H21NO/c1-7(2)8(3)12-10-5-4-9(11)6-10/h7-10H,4-6,11H2,1-3H3. The van der Waals surface area contributed by atoms with Crippen LogP contribution in [0.25, 0.3) is 0 Å². The Labute approximate surface area is 75.5 Å². The molecule has 3 atom stereocenters. The Kier molecular flexibility index (Phi) is 3.53. The first-order chi connectivity index (χ1) is 5.59. The lowest BCUT2D eigenvalue weighted by Gasteiger charge is -2.21. The molecule has 72 valence electrons. The molecule has 1 aliphatic carbocycles. The summed E-state index contributed by atoms with van der Waals surface area (Å²) in [5, 5.41) is 0. The van der Waals surface area contributed by atoms with Crippen LogP contribution in [0.5, 0.6) is 0 Å². The summed E-state index contributed by atoms with van der Waals surface area (Å²) >= 11 is 0. The lowest BCUT2D eigenvalue weighted by atomic mass is 10.1. The van der Waals surface area contributed by atoms with Crippen molar-refractivity contribution in [2.45, 2.75) is 58.3 Å². The molecule has 0 aromatic rings. The maximum absolute atomic E-state index is 5.86. The monoisotopic (exact) mass is 171 g/mol. The van der Waals surface area contributed by atoms with E-state index in [0.717, 1.165) is 19.3 Å². The van der Waals surface area contributed by atoms with Crippen molar-refractivity contribution >= 4 is 0 Å². The van der Waals surface area contributed by atoms with Crippen molar-refractivity contribution in [3.8, 4) is 0 Å². The molecule has 1 aliphatic rings. The largest absolute Gasteiger partial charge is 0.375 e. The Balaban J connectivity index is 2.23. The first-order valence-corrected chi connectivity index (χ1v) is 5.00. The molecule has 0 radical (unpaired) electrons. The van der Waals surface area contributed by atoms with Crippen LogP contribution in [0, 0.1) is 5.92 Å². The normalized spacial score (nSPS) is 32.8. The minimum absolute atomic E-state index is 0.375. The van der Waals surface area contributed by atoms with Gasteiger partial charge in [0.05, 0.1) is 12.2 Å². The van der Waals surface area contributed by atoms with Crippen molar-refractivity contribution in [3.63, 3.8) is 0 Å². The van der Waals surface area contributed by atoms with E-state index in [1.807, 2.05) is 0 Å². The zero-order valence-corrected chi connectivity index (χ0v) is 8.42. The SMILES string of the molecule is CC(C)C(C)OC1CCC(N)C1. The quantitative estimate of drug-likeness (QED) is 0.704. The molecule has 0 amide bonds. The third kappa shape index (κ3) is 2.76. The Morgan fingerprint density at radius 2 is 1.92 bits per heavy atom. The van der Waals surface area contributed by atoms with Gasteiger partial charge < -0.3 is 10.5 Å². The fraction of sp³-hybridized carbons (Fsp3) is 1.00. The fourth-order valence-electron chi connectivity index (χ4n) is 1.56. The molecule has 12 heavy (non-hydrogen) atoms. The van der Waals surface area contributed by atoms with Crippen molar-refractivity contribution in [3.05, 3.63) is 0 Å². The topological polar surface area (TPSA) is 35.2 Å². The molecular weight excluding hydrogens is 150 g/mol. The minimum Gasteiger partial charge on any atom is -0.375 e. The summed E-state index contributed by atoms with van der Waals surface area (Å²) in [5.74, 6) is 0.613. The van der Waals surface area contributed by atoms with E-state index in [4.69, 9.17) is 10.5 Å². The predicted molar refractivity (Wildman–Crippen MR) is 51.0 cm³/mol. The van der Waals surface area contributed by atoms with Crippen molar-refractivity contribution < 1.29 is 4.74 Å². The summed E-state index contributed by atoms with van der Waals surface area (Å²) in [7, 11) is 0. The van der Waals surface area contributed by atoms with Crippen molar-refractivity contribution in [2.75, 3.05) is 0 Å². The molecule has 1 saturated carbocycles. The first-order valence-electron chi connectivity index (χ1n) is 5.00. The lowest BCUT2D eigenvalue weighted by Crippen LogP contribution is -2.24. The van der Waals surface area contributed by atoms with E-state index >= 15 is 0 Å². The molecule has 0 aromatic carbocycles. The van der Waals surface area contributed by atoms with Gasteiger partial charge in [0, 0.05) is 6.04 Å². The van der Waals surface area contributed by atoms with E-state index in [-0.39, 0.29) is 0 Å². The smallest absolute Gasteiger partial charge is 0.0594 e. The Morgan fingerprint density at radius 3 is 2.33 bits per heavy atom. The number of nitrogens with two attached hydrogens (primary N) is 1. The molecule has 0 heterocycles. The summed E-state index contributed by atoms with van der Waals surface area (Å²) in [6, 6.07) is 0.384. The lowest BCUT2D eigenvalue weighted by molar-refractivity contribution is -0.0216. The second kappa shape index (κ2) is 4.24. The summed E-state index contributed by atoms with van der Waals surface area (Å²) in [5.41, 5.74) is 5.80. The second-order valence-electron chi connectivity index (χ2n) is 4.28. The van der Waals surface area contributed by atoms with Gasteiger partial charge in [-0.05, 0) is 32.1 Å². The van der Waals surface area contributed by atoms with Crippen LogP contribution < -0.4 is 5.73 Å². The summed E-state index contributed by atoms with van der Waals surface area (Å²) in [6.07, 6.45) is 4.14. The number of hydrogen-bond acceptors (Lipinski definition) is 2. The van der Waals surface area contributed by atoms with Gasteiger partial charge in [-0.2, -0.15) is 0 Å². The zero-order valence-electron chi connectivity index (χ0n) is 8.42. The van der Waals surface area contributed by atoms with E-state index in [9.17, 15) is 0 Å². The van der Waals surface area contributed by atoms with Gasteiger partial charge in [0.2, 0.25) is 0 Å². The highest BCUT2D eigenvalue weighted by Gasteiger charge is 2.24. The van der Waals surface area contributed by atoms with Crippen LogP contribution in [0.1, 0.15) is 40.0 Å². The molecular formula is C10H21NO. The fourth-order valence-corrected chi connectivity index (χ4v) is 1.56. The number of rotatable bonds is 3. The van der Waals surface area contributed by atoms with Crippen LogP contribution in [-0.2, 0) is 4.74 Å². The number of hydrogen-bond donors (Lipinski definition) is 1. The highest BCUT2D eigenvalue weighted by atomic mass is 16.5. The maximum Gasteiger partial charge on any atom is 0.0594 e. The van der Waals surface area contributed by atoms with Crippen LogP contribution in [-0.4, -0.2) is 18.2 Å². The van der Waals surface area contributed by atoms with E-state index < -0.39 is 0 Å². The van der Waals surface area contributed by atoms with Crippen LogP contribution in [0.15, 0.2) is 0 Å². The summed E-state index contributed by atoms with van der Waals surface area (Å²) in [4.78, 5) is 0. The average molecular weight is 171 g/mol. The minimum atomic E-state index is 0.375. The molecule has 3 unspecified atom stereocenters. The van der Waals surface area contributed by atoms with E-state index in [2.05, 4.69) is 20.8 Å². The average Bonchev–Trinajstić information content (AvgIpc) is 2.35. The Hall–Kier alpha value is -0.0800. The molecule has 0 spiro atoms. The molecule has 0 saturated heterocycles. The van der Waals surface area contributed by atoms with Gasteiger partial charge in [0.25, 0.3) is 0 Å². The van der Waals surface area contributed by atoms with Gasteiger partial charge in [0.1, 0.15) is 0 Å². The molecule has 1 rings (SSSR count). The molecule has 1 fully saturated rings. The van der Waals surface area contributed by atoms with Crippen molar-refractivity contribution in [1.29, 1.82) is 0 Å².